The fourth-order valence-corrected chi connectivity index (χ4v) is 9.91. The van der Waals surface area contributed by atoms with Crippen LogP contribution < -0.4 is 4.90 Å². The second-order valence-electron chi connectivity index (χ2n) is 15.4. The van der Waals surface area contributed by atoms with Crippen molar-refractivity contribution < 1.29 is 4.42 Å². The highest BCUT2D eigenvalue weighted by Gasteiger charge is 2.24. The van der Waals surface area contributed by atoms with E-state index in [2.05, 4.69) is 212 Å². The van der Waals surface area contributed by atoms with Crippen LogP contribution in [0.2, 0.25) is 0 Å². The molecule has 0 radical (unpaired) electrons. The molecule has 3 heteroatoms. The van der Waals surface area contributed by atoms with Gasteiger partial charge in [-0.1, -0.05) is 177 Å². The van der Waals surface area contributed by atoms with Crippen LogP contribution in [0, 0.1) is 0 Å². The predicted octanol–water partition coefficient (Wildman–Crippen LogP) is 17.3. The van der Waals surface area contributed by atoms with Crippen LogP contribution in [0.25, 0.3) is 91.8 Å². The molecule has 0 fully saturated rings. The maximum atomic E-state index is 7.23. The Morgan fingerprint density at radius 3 is 1.62 bits per heavy atom. The molecule has 11 rings (SSSR count). The van der Waals surface area contributed by atoms with Gasteiger partial charge in [0.2, 0.25) is 0 Å². The van der Waals surface area contributed by atoms with Crippen LogP contribution in [0.5, 0.6) is 0 Å². The first-order valence-electron chi connectivity index (χ1n) is 20.6. The van der Waals surface area contributed by atoms with Crippen LogP contribution in [0.1, 0.15) is 5.56 Å². The minimum Gasteiger partial charge on any atom is -0.453 e. The molecule has 0 saturated carbocycles. The Hall–Kier alpha value is -7.72. The van der Waals surface area contributed by atoms with Crippen molar-refractivity contribution >= 4 is 86.9 Å². The third-order valence-electron chi connectivity index (χ3n) is 11.8. The molecule has 0 bridgehead atoms. The first-order chi connectivity index (χ1) is 30.1. The molecule has 0 atom stereocenters. The molecule has 0 saturated heterocycles. The molecule has 61 heavy (non-hydrogen) atoms. The molecule has 9 aromatic carbocycles. The van der Waals surface area contributed by atoms with Gasteiger partial charge < -0.3 is 9.32 Å². The zero-order valence-electron chi connectivity index (χ0n) is 33.4. The maximum Gasteiger partial charge on any atom is 0.160 e. The molecule has 0 aliphatic heterocycles. The number of anilines is 3. The van der Waals surface area contributed by atoms with Crippen molar-refractivity contribution in [3.63, 3.8) is 0 Å². The van der Waals surface area contributed by atoms with Crippen molar-refractivity contribution in [3.8, 4) is 33.4 Å². The molecule has 2 aromatic heterocycles. The molecular formula is C58H39NOS. The van der Waals surface area contributed by atoms with Crippen molar-refractivity contribution in [1.82, 2.24) is 0 Å². The monoisotopic (exact) mass is 797 g/mol. The lowest BCUT2D eigenvalue weighted by atomic mass is 9.98. The summed E-state index contributed by atoms with van der Waals surface area (Å²) in [7, 11) is 0. The van der Waals surface area contributed by atoms with E-state index in [1.165, 1.54) is 36.9 Å². The van der Waals surface area contributed by atoms with E-state index >= 15 is 0 Å². The number of furan rings is 1. The first kappa shape index (κ1) is 36.4. The van der Waals surface area contributed by atoms with Crippen molar-refractivity contribution in [2.45, 2.75) is 0 Å². The van der Waals surface area contributed by atoms with Crippen LogP contribution in [0.15, 0.2) is 230 Å². The van der Waals surface area contributed by atoms with Gasteiger partial charge in [0, 0.05) is 47.7 Å². The van der Waals surface area contributed by atoms with Gasteiger partial charge in [-0.25, -0.2) is 0 Å². The van der Waals surface area contributed by atoms with Gasteiger partial charge in [-0.05, 0) is 98.4 Å². The zero-order chi connectivity index (χ0) is 40.9. The van der Waals surface area contributed by atoms with Crippen LogP contribution in [0.4, 0.5) is 17.1 Å². The summed E-state index contributed by atoms with van der Waals surface area (Å²) in [6.07, 6.45) is 5.65. The van der Waals surface area contributed by atoms with E-state index in [-0.39, 0.29) is 0 Å². The maximum absolute atomic E-state index is 7.23. The third-order valence-corrected chi connectivity index (χ3v) is 13.0. The summed E-state index contributed by atoms with van der Waals surface area (Å²) in [6.45, 7) is 7.86. The molecule has 0 N–H and O–H groups in total. The first-order valence-corrected chi connectivity index (χ1v) is 21.4. The fourth-order valence-electron chi connectivity index (χ4n) is 8.80. The Bertz CT molecular complexity index is 3460. The van der Waals surface area contributed by atoms with Crippen LogP contribution >= 0.6 is 11.3 Å². The van der Waals surface area contributed by atoms with E-state index in [0.717, 1.165) is 77.6 Å². The predicted molar refractivity (Wildman–Crippen MR) is 263 cm³/mol. The van der Waals surface area contributed by atoms with E-state index in [1.54, 1.807) is 6.08 Å². The van der Waals surface area contributed by atoms with Gasteiger partial charge in [0.05, 0.1) is 5.69 Å². The molecule has 0 aliphatic rings. The topological polar surface area (TPSA) is 16.4 Å². The highest BCUT2D eigenvalue weighted by Crippen LogP contribution is 2.49. The summed E-state index contributed by atoms with van der Waals surface area (Å²) in [4.78, 5) is 2.38. The smallest absolute Gasteiger partial charge is 0.160 e. The van der Waals surface area contributed by atoms with Gasteiger partial charge in [0.25, 0.3) is 0 Å². The van der Waals surface area contributed by atoms with Crippen LogP contribution in [-0.2, 0) is 0 Å². The number of fused-ring (bicyclic) bond motifs is 8. The summed E-state index contributed by atoms with van der Waals surface area (Å²) < 4.78 is 9.72. The number of rotatable bonds is 9. The highest BCUT2D eigenvalue weighted by atomic mass is 32.1. The molecule has 2 nitrogen and oxygen atoms in total. The Labute approximate surface area is 358 Å². The van der Waals surface area contributed by atoms with Crippen molar-refractivity contribution in [2.75, 3.05) is 4.90 Å². The van der Waals surface area contributed by atoms with E-state index in [4.69, 9.17) is 4.42 Å². The van der Waals surface area contributed by atoms with E-state index < -0.39 is 0 Å². The number of thiophene rings is 1. The molecule has 11 aromatic rings. The number of hydrogen-bond acceptors (Lipinski definition) is 3. The minimum atomic E-state index is 0.863. The molecule has 0 spiro atoms. The van der Waals surface area contributed by atoms with Crippen molar-refractivity contribution in [3.05, 3.63) is 231 Å². The van der Waals surface area contributed by atoms with Gasteiger partial charge >= 0.3 is 0 Å². The number of nitrogens with zero attached hydrogens (tertiary/aromatic N) is 1. The van der Waals surface area contributed by atoms with Gasteiger partial charge in [0.15, 0.2) is 5.58 Å². The van der Waals surface area contributed by atoms with E-state index in [1.807, 2.05) is 23.5 Å². The normalized spacial score (nSPS) is 11.8. The molecule has 2 heterocycles. The highest BCUT2D eigenvalue weighted by molar-refractivity contribution is 7.26. The Morgan fingerprint density at radius 2 is 1.00 bits per heavy atom. The quantitative estimate of drug-likeness (QED) is 0.135. The van der Waals surface area contributed by atoms with Gasteiger partial charge in [-0.15, -0.1) is 11.3 Å². The van der Waals surface area contributed by atoms with Gasteiger partial charge in [0.1, 0.15) is 5.58 Å². The summed E-state index contributed by atoms with van der Waals surface area (Å²) in [6, 6.07) is 70.0. The Morgan fingerprint density at radius 1 is 0.459 bits per heavy atom. The zero-order valence-corrected chi connectivity index (χ0v) is 34.2. The lowest BCUT2D eigenvalue weighted by Crippen LogP contribution is -2.11. The lowest BCUT2D eigenvalue weighted by molar-refractivity contribution is 0.673. The SMILES string of the molecule is C=C/C=C(\C=C)c1ccc(-c2ccc(N(c3ccc(-c4ccc(-c5ccccc5)cc4)cc3)c3c4ccccc4cc4c3oc3c4ccc4sc5ccccc5c43)cc2)cc1. The standard InChI is InChI=1S/C58H39NOS/c1-3-12-38(4-2)40-19-21-42(22-20-40)44-27-31-47(32-28-44)59(48-33-29-45(30-34-48)43-25-23-41(24-26-43)39-13-6-5-7-14-39)56-49-16-9-8-15-46(49)37-52-50-35-36-54-55(57(50)60-58(52)56)51-17-10-11-18-53(51)61-54/h3-37H,1-2H2/b38-12+. The molecule has 0 amide bonds. The third kappa shape index (κ3) is 6.35. The molecule has 0 unspecified atom stereocenters. The number of allylic oxidation sites excluding steroid dienone is 4. The fraction of sp³-hybridized carbons (Fsp3) is 0. The van der Waals surface area contributed by atoms with E-state index in [0.29, 0.717) is 0 Å². The van der Waals surface area contributed by atoms with Crippen LogP contribution in [-0.4, -0.2) is 0 Å². The lowest BCUT2D eigenvalue weighted by Gasteiger charge is -2.27. The summed E-state index contributed by atoms with van der Waals surface area (Å²) >= 11 is 1.82. The van der Waals surface area contributed by atoms with E-state index in [9.17, 15) is 0 Å². The van der Waals surface area contributed by atoms with Crippen molar-refractivity contribution in [1.29, 1.82) is 0 Å². The number of benzene rings is 9. The molecular weight excluding hydrogens is 759 g/mol. The van der Waals surface area contributed by atoms with Crippen molar-refractivity contribution in [2.24, 2.45) is 0 Å². The van der Waals surface area contributed by atoms with Gasteiger partial charge in [-0.2, -0.15) is 0 Å². The molecule has 288 valence electrons. The average molecular weight is 798 g/mol. The average Bonchev–Trinajstić information content (AvgIpc) is 3.90. The Balaban J connectivity index is 1.09. The summed E-state index contributed by atoms with van der Waals surface area (Å²) in [5.41, 5.74) is 14.1. The second kappa shape index (κ2) is 15.1. The minimum absolute atomic E-state index is 0.863. The Kier molecular flexibility index (Phi) is 9.03. The van der Waals surface area contributed by atoms with Gasteiger partial charge in [-0.3, -0.25) is 0 Å². The second-order valence-corrected chi connectivity index (χ2v) is 16.4. The molecule has 0 aliphatic carbocycles. The largest absolute Gasteiger partial charge is 0.453 e. The summed E-state index contributed by atoms with van der Waals surface area (Å²) in [5, 5.41) is 6.89. The summed E-state index contributed by atoms with van der Waals surface area (Å²) in [5.74, 6) is 0. The number of hydrogen-bond donors (Lipinski definition) is 0. The van der Waals surface area contributed by atoms with Crippen LogP contribution in [0.3, 0.4) is 0 Å².